The number of rotatable bonds is 4. The summed E-state index contributed by atoms with van der Waals surface area (Å²) in [5.41, 5.74) is -0.209. The zero-order valence-corrected chi connectivity index (χ0v) is 11.8. The lowest BCUT2D eigenvalue weighted by Crippen LogP contribution is -2.33. The third-order valence-electron chi connectivity index (χ3n) is 3.91. The van der Waals surface area contributed by atoms with E-state index in [1.807, 2.05) is 12.1 Å². The van der Waals surface area contributed by atoms with Crippen LogP contribution in [0.2, 0.25) is 0 Å². The Morgan fingerprint density at radius 2 is 2.05 bits per heavy atom. The van der Waals surface area contributed by atoms with Crippen molar-refractivity contribution in [1.82, 2.24) is 14.7 Å². The number of benzene rings is 1. The molecule has 1 amide bonds. The molecule has 1 aliphatic rings. The minimum Gasteiger partial charge on any atom is -0.481 e. The molecule has 1 saturated heterocycles. The minimum absolute atomic E-state index is 0.0232. The molecular weight excluding hydrogens is 286 g/mol. The van der Waals surface area contributed by atoms with Gasteiger partial charge in [-0.3, -0.25) is 14.4 Å². The quantitative estimate of drug-likeness (QED) is 0.878. The SMILES string of the molecule is O=C(O)C1CC(=O)N(CCn2ncc3ccccc3c2=O)C1. The number of carbonyl (C=O) groups excluding carboxylic acids is 1. The van der Waals surface area contributed by atoms with Crippen LogP contribution in [-0.4, -0.2) is 44.8 Å². The van der Waals surface area contributed by atoms with Crippen LogP contribution in [0, 0.1) is 5.92 Å². The van der Waals surface area contributed by atoms with Crippen LogP contribution >= 0.6 is 0 Å². The van der Waals surface area contributed by atoms with Crippen molar-refractivity contribution in [2.24, 2.45) is 5.92 Å². The van der Waals surface area contributed by atoms with Gasteiger partial charge in [0.25, 0.3) is 5.56 Å². The second-order valence-electron chi connectivity index (χ2n) is 5.34. The smallest absolute Gasteiger partial charge is 0.308 e. The molecule has 7 heteroatoms. The van der Waals surface area contributed by atoms with E-state index in [0.717, 1.165) is 5.39 Å². The van der Waals surface area contributed by atoms with E-state index in [4.69, 9.17) is 5.11 Å². The molecule has 1 fully saturated rings. The van der Waals surface area contributed by atoms with Crippen molar-refractivity contribution >= 4 is 22.6 Å². The largest absolute Gasteiger partial charge is 0.481 e. The number of aromatic nitrogens is 2. The van der Waals surface area contributed by atoms with Crippen molar-refractivity contribution < 1.29 is 14.7 Å². The normalized spacial score (nSPS) is 18.1. The lowest BCUT2D eigenvalue weighted by molar-refractivity contribution is -0.141. The molecule has 0 aliphatic carbocycles. The van der Waals surface area contributed by atoms with Gasteiger partial charge in [-0.05, 0) is 6.07 Å². The number of likely N-dealkylation sites (tertiary alicyclic amines) is 1. The van der Waals surface area contributed by atoms with Gasteiger partial charge in [-0.25, -0.2) is 4.68 Å². The molecule has 2 aromatic rings. The lowest BCUT2D eigenvalue weighted by atomic mass is 10.1. The average Bonchev–Trinajstić information content (AvgIpc) is 2.88. The Bertz CT molecular complexity index is 799. The summed E-state index contributed by atoms with van der Waals surface area (Å²) in [6.45, 7) is 0.728. The van der Waals surface area contributed by atoms with E-state index < -0.39 is 11.9 Å². The van der Waals surface area contributed by atoms with Gasteiger partial charge in [-0.2, -0.15) is 5.10 Å². The first-order valence-electron chi connectivity index (χ1n) is 7.01. The van der Waals surface area contributed by atoms with Gasteiger partial charge in [0.2, 0.25) is 5.91 Å². The topological polar surface area (TPSA) is 92.5 Å². The highest BCUT2D eigenvalue weighted by molar-refractivity contribution is 5.86. The molecule has 0 radical (unpaired) electrons. The summed E-state index contributed by atoms with van der Waals surface area (Å²) in [6.07, 6.45) is 1.64. The van der Waals surface area contributed by atoms with Crippen LogP contribution in [0.4, 0.5) is 0 Å². The van der Waals surface area contributed by atoms with Gasteiger partial charge in [0.05, 0.1) is 24.0 Å². The molecule has 22 heavy (non-hydrogen) atoms. The van der Waals surface area contributed by atoms with Gasteiger partial charge < -0.3 is 10.0 Å². The average molecular weight is 301 g/mol. The Balaban J connectivity index is 1.75. The predicted molar refractivity (Wildman–Crippen MR) is 78.3 cm³/mol. The molecule has 1 aliphatic heterocycles. The number of aliphatic carboxylic acids is 1. The van der Waals surface area contributed by atoms with Crippen molar-refractivity contribution in [2.45, 2.75) is 13.0 Å². The molecule has 3 rings (SSSR count). The fraction of sp³-hybridized carbons (Fsp3) is 0.333. The zero-order chi connectivity index (χ0) is 15.7. The molecule has 1 N–H and O–H groups in total. The molecule has 1 atom stereocenters. The summed E-state index contributed by atoms with van der Waals surface area (Å²) >= 11 is 0. The van der Waals surface area contributed by atoms with Crippen LogP contribution in [-0.2, 0) is 16.1 Å². The Morgan fingerprint density at radius 1 is 1.27 bits per heavy atom. The van der Waals surface area contributed by atoms with E-state index in [9.17, 15) is 14.4 Å². The van der Waals surface area contributed by atoms with Crippen LogP contribution in [0.3, 0.4) is 0 Å². The van der Waals surface area contributed by atoms with Crippen LogP contribution < -0.4 is 5.56 Å². The maximum atomic E-state index is 12.3. The van der Waals surface area contributed by atoms with Crippen molar-refractivity contribution in [1.29, 1.82) is 0 Å². The Kier molecular flexibility index (Phi) is 3.62. The highest BCUT2D eigenvalue weighted by atomic mass is 16.4. The summed E-state index contributed by atoms with van der Waals surface area (Å²) in [5, 5.41) is 14.4. The van der Waals surface area contributed by atoms with Crippen molar-refractivity contribution in [3.63, 3.8) is 0 Å². The molecule has 1 unspecified atom stereocenters. The first-order valence-corrected chi connectivity index (χ1v) is 7.01. The molecule has 1 aromatic carbocycles. The Labute approximate surface area is 125 Å². The highest BCUT2D eigenvalue weighted by Crippen LogP contribution is 2.17. The van der Waals surface area contributed by atoms with Crippen LogP contribution in [0.5, 0.6) is 0 Å². The standard InChI is InChI=1S/C15H15N3O4/c19-13-7-11(15(21)22)9-17(13)5-6-18-14(20)12-4-2-1-3-10(12)8-16-18/h1-4,8,11H,5-7,9H2,(H,21,22). The summed E-state index contributed by atoms with van der Waals surface area (Å²) in [4.78, 5) is 36.4. The van der Waals surface area contributed by atoms with Crippen LogP contribution in [0.1, 0.15) is 6.42 Å². The number of carboxylic acid groups (broad SMARTS) is 1. The Morgan fingerprint density at radius 3 is 2.77 bits per heavy atom. The van der Waals surface area contributed by atoms with E-state index in [1.165, 1.54) is 9.58 Å². The van der Waals surface area contributed by atoms with Gasteiger partial charge in [0, 0.05) is 24.9 Å². The van der Waals surface area contributed by atoms with Gasteiger partial charge in [-0.1, -0.05) is 18.2 Å². The third-order valence-corrected chi connectivity index (χ3v) is 3.91. The number of hydrogen-bond acceptors (Lipinski definition) is 4. The summed E-state index contributed by atoms with van der Waals surface area (Å²) in [6, 6.07) is 7.17. The number of hydrogen-bond donors (Lipinski definition) is 1. The predicted octanol–water partition coefficient (Wildman–Crippen LogP) is 0.330. The van der Waals surface area contributed by atoms with Gasteiger partial charge in [0.15, 0.2) is 0 Å². The van der Waals surface area contributed by atoms with E-state index >= 15 is 0 Å². The monoisotopic (exact) mass is 301 g/mol. The maximum Gasteiger partial charge on any atom is 0.308 e. The summed E-state index contributed by atoms with van der Waals surface area (Å²) in [5.74, 6) is -1.81. The number of carbonyl (C=O) groups is 2. The maximum absolute atomic E-state index is 12.3. The summed E-state index contributed by atoms with van der Waals surface area (Å²) < 4.78 is 1.31. The third kappa shape index (κ3) is 2.57. The molecule has 0 saturated carbocycles. The molecule has 7 nitrogen and oxygen atoms in total. The first kappa shape index (κ1) is 14.2. The Hall–Kier alpha value is -2.70. The van der Waals surface area contributed by atoms with Crippen molar-refractivity contribution in [2.75, 3.05) is 13.1 Å². The number of fused-ring (bicyclic) bond motifs is 1. The fourth-order valence-electron chi connectivity index (χ4n) is 2.66. The second-order valence-corrected chi connectivity index (χ2v) is 5.34. The lowest BCUT2D eigenvalue weighted by Gasteiger charge is -2.16. The molecule has 1 aromatic heterocycles. The van der Waals surface area contributed by atoms with Gasteiger partial charge in [0.1, 0.15) is 0 Å². The summed E-state index contributed by atoms with van der Waals surface area (Å²) in [7, 11) is 0. The zero-order valence-electron chi connectivity index (χ0n) is 11.8. The fourth-order valence-corrected chi connectivity index (χ4v) is 2.66. The van der Waals surface area contributed by atoms with Crippen molar-refractivity contribution in [3.05, 3.63) is 40.8 Å². The van der Waals surface area contributed by atoms with E-state index in [-0.39, 0.29) is 37.5 Å². The van der Waals surface area contributed by atoms with Crippen LogP contribution in [0.25, 0.3) is 10.8 Å². The highest BCUT2D eigenvalue weighted by Gasteiger charge is 2.33. The second kappa shape index (κ2) is 5.59. The van der Waals surface area contributed by atoms with E-state index in [0.29, 0.717) is 5.39 Å². The first-order chi connectivity index (χ1) is 10.6. The number of amides is 1. The molecule has 0 bridgehead atoms. The number of nitrogens with zero attached hydrogens (tertiary/aromatic N) is 3. The minimum atomic E-state index is -0.961. The molecule has 0 spiro atoms. The molecular formula is C15H15N3O4. The van der Waals surface area contributed by atoms with E-state index in [2.05, 4.69) is 5.10 Å². The molecule has 2 heterocycles. The van der Waals surface area contributed by atoms with Crippen LogP contribution in [0.15, 0.2) is 35.3 Å². The molecule has 114 valence electrons. The van der Waals surface area contributed by atoms with Crippen molar-refractivity contribution in [3.8, 4) is 0 Å². The van der Waals surface area contributed by atoms with E-state index in [1.54, 1.807) is 18.3 Å². The number of carboxylic acids is 1. The van der Waals surface area contributed by atoms with Gasteiger partial charge in [-0.15, -0.1) is 0 Å². The van der Waals surface area contributed by atoms with Gasteiger partial charge >= 0.3 is 5.97 Å².